The number of unbranched alkanes of at least 4 members (excludes halogenated alkanes) is 1. The van der Waals surface area contributed by atoms with Crippen LogP contribution in [0.5, 0.6) is 0 Å². The predicted molar refractivity (Wildman–Crippen MR) is 145 cm³/mol. The second kappa shape index (κ2) is 13.1. The molecule has 10 heteroatoms. The standard InChI is InChI=1S/C26H37ClN4O4S/c1-7-8-15-28-26(33)21(4)30(17-22-11-9-10-12-23(22)27)25(32)18-31(36(34,35)29(5)6)24-16-19(2)13-14-20(24)3/h9-14,16,21H,7-8,15,17-18H2,1-6H3,(H,28,33)/t21-/m1/s1. The second-order valence-corrected chi connectivity index (χ2v) is 11.5. The van der Waals surface area contributed by atoms with E-state index in [1.54, 1.807) is 44.2 Å². The quantitative estimate of drug-likeness (QED) is 0.416. The van der Waals surface area contributed by atoms with Crippen molar-refractivity contribution in [1.82, 2.24) is 14.5 Å². The van der Waals surface area contributed by atoms with Crippen molar-refractivity contribution >= 4 is 39.3 Å². The first-order valence-electron chi connectivity index (χ1n) is 12.0. The van der Waals surface area contributed by atoms with Crippen LogP contribution in [-0.4, -0.2) is 62.7 Å². The third kappa shape index (κ3) is 7.44. The zero-order valence-corrected chi connectivity index (χ0v) is 23.5. The van der Waals surface area contributed by atoms with Gasteiger partial charge in [0.25, 0.3) is 0 Å². The third-order valence-electron chi connectivity index (χ3n) is 5.95. The number of benzene rings is 2. The highest BCUT2D eigenvalue weighted by atomic mass is 35.5. The fourth-order valence-corrected chi connectivity index (χ4v) is 4.93. The lowest BCUT2D eigenvalue weighted by atomic mass is 10.1. The minimum atomic E-state index is -4.01. The van der Waals surface area contributed by atoms with E-state index in [1.165, 1.54) is 19.0 Å². The van der Waals surface area contributed by atoms with Crippen LogP contribution in [0.4, 0.5) is 5.69 Å². The molecule has 0 bridgehead atoms. The van der Waals surface area contributed by atoms with Crippen molar-refractivity contribution in [2.45, 2.75) is 53.1 Å². The second-order valence-electron chi connectivity index (χ2n) is 9.02. The summed E-state index contributed by atoms with van der Waals surface area (Å²) in [6.07, 6.45) is 1.74. The van der Waals surface area contributed by atoms with Crippen LogP contribution in [0.25, 0.3) is 0 Å². The Bertz CT molecular complexity index is 1170. The van der Waals surface area contributed by atoms with Crippen molar-refractivity contribution in [2.75, 3.05) is 31.5 Å². The van der Waals surface area contributed by atoms with Gasteiger partial charge in [-0.1, -0.05) is 55.3 Å². The van der Waals surface area contributed by atoms with Gasteiger partial charge in [0.2, 0.25) is 11.8 Å². The Labute approximate surface area is 220 Å². The zero-order chi connectivity index (χ0) is 27.0. The Hall–Kier alpha value is -2.62. The van der Waals surface area contributed by atoms with Crippen molar-refractivity contribution in [2.24, 2.45) is 0 Å². The molecule has 0 aromatic heterocycles. The minimum Gasteiger partial charge on any atom is -0.354 e. The molecule has 0 spiro atoms. The molecular formula is C26H37ClN4O4S. The molecule has 0 aliphatic carbocycles. The first-order valence-corrected chi connectivity index (χ1v) is 13.8. The van der Waals surface area contributed by atoms with Crippen LogP contribution in [0.15, 0.2) is 42.5 Å². The molecule has 8 nitrogen and oxygen atoms in total. The highest BCUT2D eigenvalue weighted by Gasteiger charge is 2.33. The van der Waals surface area contributed by atoms with Crippen LogP contribution >= 0.6 is 11.6 Å². The lowest BCUT2D eigenvalue weighted by Gasteiger charge is -2.33. The van der Waals surface area contributed by atoms with E-state index >= 15 is 0 Å². The number of carbonyl (C=O) groups excluding carboxylic acids is 2. The van der Waals surface area contributed by atoms with E-state index in [-0.39, 0.29) is 12.5 Å². The van der Waals surface area contributed by atoms with Gasteiger partial charge in [-0.15, -0.1) is 0 Å². The lowest BCUT2D eigenvalue weighted by molar-refractivity contribution is -0.139. The van der Waals surface area contributed by atoms with Gasteiger partial charge in [-0.05, 0) is 56.0 Å². The van der Waals surface area contributed by atoms with Gasteiger partial charge in [0.05, 0.1) is 5.69 Å². The molecule has 198 valence electrons. The molecule has 0 aliphatic heterocycles. The molecule has 0 radical (unpaired) electrons. The van der Waals surface area contributed by atoms with E-state index in [9.17, 15) is 18.0 Å². The number of anilines is 1. The van der Waals surface area contributed by atoms with Crippen LogP contribution in [0.3, 0.4) is 0 Å². The van der Waals surface area contributed by atoms with Gasteiger partial charge in [0.1, 0.15) is 12.6 Å². The van der Waals surface area contributed by atoms with Gasteiger partial charge >= 0.3 is 10.2 Å². The number of rotatable bonds is 12. The van der Waals surface area contributed by atoms with E-state index in [2.05, 4.69) is 5.32 Å². The highest BCUT2D eigenvalue weighted by Crippen LogP contribution is 2.26. The largest absolute Gasteiger partial charge is 0.354 e. The summed E-state index contributed by atoms with van der Waals surface area (Å²) >= 11 is 6.36. The Balaban J connectivity index is 2.48. The van der Waals surface area contributed by atoms with Gasteiger partial charge in [-0.25, -0.2) is 4.31 Å². The molecular weight excluding hydrogens is 500 g/mol. The van der Waals surface area contributed by atoms with Crippen molar-refractivity contribution < 1.29 is 18.0 Å². The smallest absolute Gasteiger partial charge is 0.304 e. The maximum absolute atomic E-state index is 13.8. The molecule has 2 aromatic rings. The Morgan fingerprint density at radius 1 is 1.08 bits per heavy atom. The number of nitrogens with zero attached hydrogens (tertiary/aromatic N) is 3. The molecule has 0 heterocycles. The average molecular weight is 537 g/mol. The fourth-order valence-electron chi connectivity index (χ4n) is 3.62. The molecule has 2 aromatic carbocycles. The van der Waals surface area contributed by atoms with Gasteiger partial charge in [-0.2, -0.15) is 12.7 Å². The summed E-state index contributed by atoms with van der Waals surface area (Å²) in [5.74, 6) is -0.822. The zero-order valence-electron chi connectivity index (χ0n) is 21.9. The van der Waals surface area contributed by atoms with Crippen LogP contribution in [0.2, 0.25) is 5.02 Å². The fraction of sp³-hybridized carbons (Fsp3) is 0.462. The molecule has 0 saturated heterocycles. The summed E-state index contributed by atoms with van der Waals surface area (Å²) in [5, 5.41) is 3.32. The summed E-state index contributed by atoms with van der Waals surface area (Å²) < 4.78 is 28.8. The normalized spacial score (nSPS) is 12.3. The SMILES string of the molecule is CCCCNC(=O)[C@@H](C)N(Cc1ccccc1Cl)C(=O)CN(c1cc(C)ccc1C)S(=O)(=O)N(C)C. The maximum atomic E-state index is 13.8. The van der Waals surface area contributed by atoms with Crippen molar-refractivity contribution in [3.63, 3.8) is 0 Å². The number of amides is 2. The van der Waals surface area contributed by atoms with Crippen LogP contribution < -0.4 is 9.62 Å². The third-order valence-corrected chi connectivity index (χ3v) is 8.12. The van der Waals surface area contributed by atoms with Crippen LogP contribution in [0.1, 0.15) is 43.4 Å². The highest BCUT2D eigenvalue weighted by molar-refractivity contribution is 7.90. The van der Waals surface area contributed by atoms with Gasteiger partial charge in [0, 0.05) is 32.2 Å². The number of nitrogens with one attached hydrogen (secondary N) is 1. The average Bonchev–Trinajstić information content (AvgIpc) is 2.83. The van der Waals surface area contributed by atoms with E-state index in [1.807, 2.05) is 26.0 Å². The molecule has 0 saturated carbocycles. The molecule has 36 heavy (non-hydrogen) atoms. The lowest BCUT2D eigenvalue weighted by Crippen LogP contribution is -2.52. The molecule has 2 amide bonds. The predicted octanol–water partition coefficient (Wildman–Crippen LogP) is 3.90. The molecule has 0 aliphatic rings. The molecule has 0 fully saturated rings. The number of hydrogen-bond acceptors (Lipinski definition) is 4. The Kier molecular flexibility index (Phi) is 10.8. The van der Waals surface area contributed by atoms with Crippen molar-refractivity contribution in [1.29, 1.82) is 0 Å². The van der Waals surface area contributed by atoms with Gasteiger partial charge in [0.15, 0.2) is 0 Å². The van der Waals surface area contributed by atoms with Crippen molar-refractivity contribution in [3.8, 4) is 0 Å². The number of halogens is 1. The Morgan fingerprint density at radius 3 is 2.36 bits per heavy atom. The monoisotopic (exact) mass is 536 g/mol. The summed E-state index contributed by atoms with van der Waals surface area (Å²) in [6.45, 7) is 7.40. The van der Waals surface area contributed by atoms with E-state index in [0.717, 1.165) is 27.0 Å². The summed E-state index contributed by atoms with van der Waals surface area (Å²) in [5.41, 5.74) is 2.64. The molecule has 2 rings (SSSR count). The van der Waals surface area contributed by atoms with E-state index < -0.39 is 28.7 Å². The summed E-state index contributed by atoms with van der Waals surface area (Å²) in [4.78, 5) is 28.1. The van der Waals surface area contributed by atoms with Gasteiger partial charge < -0.3 is 10.2 Å². The first-order chi connectivity index (χ1) is 16.9. The summed E-state index contributed by atoms with van der Waals surface area (Å²) in [7, 11) is -1.17. The topological polar surface area (TPSA) is 90.0 Å². The van der Waals surface area contributed by atoms with Crippen LogP contribution in [-0.2, 0) is 26.3 Å². The molecule has 0 unspecified atom stereocenters. The van der Waals surface area contributed by atoms with E-state index in [4.69, 9.17) is 11.6 Å². The number of hydrogen-bond donors (Lipinski definition) is 1. The summed E-state index contributed by atoms with van der Waals surface area (Å²) in [6, 6.07) is 11.7. The number of aryl methyl sites for hydroxylation is 2. The van der Waals surface area contributed by atoms with E-state index in [0.29, 0.717) is 28.4 Å². The van der Waals surface area contributed by atoms with Gasteiger partial charge in [-0.3, -0.25) is 9.59 Å². The van der Waals surface area contributed by atoms with Crippen molar-refractivity contribution in [3.05, 3.63) is 64.2 Å². The number of carbonyl (C=O) groups is 2. The van der Waals surface area contributed by atoms with Crippen LogP contribution in [0, 0.1) is 13.8 Å². The minimum absolute atomic E-state index is 0.0591. The maximum Gasteiger partial charge on any atom is 0.304 e. The molecule has 1 N–H and O–H groups in total. The Morgan fingerprint density at radius 2 is 1.75 bits per heavy atom. The molecule has 1 atom stereocenters. The first kappa shape index (κ1) is 29.6.